The van der Waals surface area contributed by atoms with Gasteiger partial charge in [-0.2, -0.15) is 0 Å². The molecule has 0 aliphatic carbocycles. The average molecular weight is 281 g/mol. The van der Waals surface area contributed by atoms with E-state index < -0.39 is 11.8 Å². The Morgan fingerprint density at radius 2 is 2.35 bits per heavy atom. The van der Waals surface area contributed by atoms with E-state index in [0.717, 1.165) is 31.5 Å². The molecule has 1 atom stereocenters. The lowest BCUT2D eigenvalue weighted by atomic mass is 10.1. The fourth-order valence-corrected chi connectivity index (χ4v) is 2.62. The smallest absolute Gasteiger partial charge is 0.338 e. The molecule has 1 saturated heterocycles. The topological polar surface area (TPSA) is 49.8 Å². The third-order valence-corrected chi connectivity index (χ3v) is 3.53. The summed E-state index contributed by atoms with van der Waals surface area (Å²) in [6, 6.07) is 4.32. The van der Waals surface area contributed by atoms with Crippen LogP contribution in [0.4, 0.5) is 4.39 Å². The van der Waals surface area contributed by atoms with Crippen LogP contribution in [0.25, 0.3) is 0 Å². The summed E-state index contributed by atoms with van der Waals surface area (Å²) in [6.07, 6.45) is 2.38. The number of hydrogen-bond acceptors (Lipinski definition) is 3. The Morgan fingerprint density at radius 3 is 3.00 bits per heavy atom. The maximum absolute atomic E-state index is 13.6. The van der Waals surface area contributed by atoms with Crippen molar-refractivity contribution < 1.29 is 19.0 Å². The van der Waals surface area contributed by atoms with Gasteiger partial charge in [0, 0.05) is 19.7 Å². The second-order valence-electron chi connectivity index (χ2n) is 5.07. The standard InChI is InChI=1S/C15H20FNO3/c1-2-20-12-4-3-7-17(10-12)9-11-5-6-13(15(18)19)14(16)8-11/h5-6,8,12H,2-4,7,9-10H2,1H3,(H,18,19). The van der Waals surface area contributed by atoms with Crippen LogP contribution >= 0.6 is 0 Å². The summed E-state index contributed by atoms with van der Waals surface area (Å²) >= 11 is 0. The molecule has 1 unspecified atom stereocenters. The molecule has 0 spiro atoms. The molecule has 1 aliphatic rings. The highest BCUT2D eigenvalue weighted by molar-refractivity contribution is 5.87. The lowest BCUT2D eigenvalue weighted by molar-refractivity contribution is 0.00361. The van der Waals surface area contributed by atoms with Gasteiger partial charge in [-0.25, -0.2) is 9.18 Å². The molecule has 0 radical (unpaired) electrons. The molecule has 2 rings (SSSR count). The number of carboxylic acids is 1. The molecule has 1 fully saturated rings. The van der Waals surface area contributed by atoms with Crippen LogP contribution in [0.1, 0.15) is 35.7 Å². The third-order valence-electron chi connectivity index (χ3n) is 3.53. The fraction of sp³-hybridized carbons (Fsp3) is 0.533. The molecular formula is C15H20FNO3. The Morgan fingerprint density at radius 1 is 1.55 bits per heavy atom. The highest BCUT2D eigenvalue weighted by atomic mass is 19.1. The van der Waals surface area contributed by atoms with Crippen molar-refractivity contribution in [3.8, 4) is 0 Å². The van der Waals surface area contributed by atoms with Crippen LogP contribution < -0.4 is 0 Å². The summed E-state index contributed by atoms with van der Waals surface area (Å²) in [5.41, 5.74) is 0.518. The van der Waals surface area contributed by atoms with Crippen molar-refractivity contribution in [1.82, 2.24) is 4.90 Å². The number of rotatable bonds is 5. The number of benzene rings is 1. The first-order chi connectivity index (χ1) is 9.60. The Balaban J connectivity index is 1.99. The van der Waals surface area contributed by atoms with Crippen molar-refractivity contribution in [1.29, 1.82) is 0 Å². The van der Waals surface area contributed by atoms with E-state index in [-0.39, 0.29) is 11.7 Å². The van der Waals surface area contributed by atoms with Gasteiger partial charge in [0.15, 0.2) is 0 Å². The summed E-state index contributed by atoms with van der Waals surface area (Å²) in [5, 5.41) is 8.80. The van der Waals surface area contributed by atoms with E-state index in [1.54, 1.807) is 6.07 Å². The van der Waals surface area contributed by atoms with Crippen molar-refractivity contribution in [3.05, 3.63) is 35.1 Å². The first-order valence-corrected chi connectivity index (χ1v) is 6.95. The van der Waals surface area contributed by atoms with Gasteiger partial charge in [-0.15, -0.1) is 0 Å². The minimum atomic E-state index is -1.23. The van der Waals surface area contributed by atoms with Gasteiger partial charge in [0.1, 0.15) is 5.82 Å². The Labute approximate surface area is 118 Å². The molecule has 110 valence electrons. The molecule has 1 N–H and O–H groups in total. The van der Waals surface area contributed by atoms with E-state index in [2.05, 4.69) is 4.90 Å². The maximum Gasteiger partial charge on any atom is 0.338 e. The number of hydrogen-bond donors (Lipinski definition) is 1. The zero-order valence-corrected chi connectivity index (χ0v) is 11.6. The van der Waals surface area contributed by atoms with Crippen LogP contribution in [0, 0.1) is 5.82 Å². The van der Waals surface area contributed by atoms with E-state index in [4.69, 9.17) is 9.84 Å². The lowest BCUT2D eigenvalue weighted by Gasteiger charge is -2.32. The van der Waals surface area contributed by atoms with Gasteiger partial charge in [-0.3, -0.25) is 4.90 Å². The van der Waals surface area contributed by atoms with Gasteiger partial charge in [0.25, 0.3) is 0 Å². The third kappa shape index (κ3) is 3.77. The number of carboxylic acid groups (broad SMARTS) is 1. The normalized spacial score (nSPS) is 20.0. The van der Waals surface area contributed by atoms with E-state index in [1.165, 1.54) is 12.1 Å². The number of piperidine rings is 1. The molecule has 0 aromatic heterocycles. The number of carbonyl (C=O) groups is 1. The summed E-state index contributed by atoms with van der Waals surface area (Å²) in [5.74, 6) is -1.91. The molecule has 20 heavy (non-hydrogen) atoms. The first-order valence-electron chi connectivity index (χ1n) is 6.95. The van der Waals surface area contributed by atoms with Crippen molar-refractivity contribution in [3.63, 3.8) is 0 Å². The highest BCUT2D eigenvalue weighted by Crippen LogP contribution is 2.17. The van der Waals surface area contributed by atoms with E-state index in [9.17, 15) is 9.18 Å². The molecule has 1 aromatic carbocycles. The van der Waals surface area contributed by atoms with Crippen molar-refractivity contribution in [2.45, 2.75) is 32.4 Å². The van der Waals surface area contributed by atoms with Crippen LogP contribution in [-0.4, -0.2) is 41.8 Å². The van der Waals surface area contributed by atoms with Gasteiger partial charge in [0.2, 0.25) is 0 Å². The molecular weight excluding hydrogens is 261 g/mol. The largest absolute Gasteiger partial charge is 0.478 e. The van der Waals surface area contributed by atoms with Gasteiger partial charge in [-0.1, -0.05) is 6.07 Å². The maximum atomic E-state index is 13.6. The second-order valence-corrected chi connectivity index (χ2v) is 5.07. The molecule has 0 saturated carbocycles. The Hall–Kier alpha value is -1.46. The molecule has 0 amide bonds. The number of aromatic carboxylic acids is 1. The van der Waals surface area contributed by atoms with Crippen molar-refractivity contribution >= 4 is 5.97 Å². The SMILES string of the molecule is CCOC1CCCN(Cc2ccc(C(=O)O)c(F)c2)C1. The number of ether oxygens (including phenoxy) is 1. The van der Waals surface area contributed by atoms with Crippen LogP contribution in [0.15, 0.2) is 18.2 Å². The number of nitrogens with zero attached hydrogens (tertiary/aromatic N) is 1. The van der Waals surface area contributed by atoms with Crippen LogP contribution in [0.2, 0.25) is 0 Å². The second kappa shape index (κ2) is 6.81. The van der Waals surface area contributed by atoms with Crippen LogP contribution in [-0.2, 0) is 11.3 Å². The molecule has 4 nitrogen and oxygen atoms in total. The average Bonchev–Trinajstić information content (AvgIpc) is 2.39. The molecule has 1 aliphatic heterocycles. The molecule has 1 heterocycles. The minimum Gasteiger partial charge on any atom is -0.478 e. The van der Waals surface area contributed by atoms with Crippen LogP contribution in [0.5, 0.6) is 0 Å². The minimum absolute atomic E-state index is 0.247. The monoisotopic (exact) mass is 281 g/mol. The Bertz CT molecular complexity index is 476. The van der Waals surface area contributed by atoms with E-state index in [1.807, 2.05) is 6.92 Å². The summed E-state index contributed by atoms with van der Waals surface area (Å²) < 4.78 is 19.3. The summed E-state index contributed by atoms with van der Waals surface area (Å²) in [6.45, 7) is 5.13. The van der Waals surface area contributed by atoms with Gasteiger partial charge in [0.05, 0.1) is 11.7 Å². The van der Waals surface area contributed by atoms with Crippen molar-refractivity contribution in [2.75, 3.05) is 19.7 Å². The fourth-order valence-electron chi connectivity index (χ4n) is 2.62. The number of halogens is 1. The lowest BCUT2D eigenvalue weighted by Crippen LogP contribution is -2.39. The predicted octanol–water partition coefficient (Wildman–Crippen LogP) is 2.52. The molecule has 0 bridgehead atoms. The van der Waals surface area contributed by atoms with Gasteiger partial charge in [-0.05, 0) is 44.0 Å². The zero-order valence-electron chi connectivity index (χ0n) is 11.6. The zero-order chi connectivity index (χ0) is 14.5. The first kappa shape index (κ1) is 14.9. The van der Waals surface area contributed by atoms with E-state index in [0.29, 0.717) is 13.2 Å². The predicted molar refractivity (Wildman–Crippen MR) is 73.3 cm³/mol. The van der Waals surface area contributed by atoms with Crippen LogP contribution in [0.3, 0.4) is 0 Å². The van der Waals surface area contributed by atoms with E-state index >= 15 is 0 Å². The molecule has 1 aromatic rings. The summed E-state index contributed by atoms with van der Waals surface area (Å²) in [7, 11) is 0. The van der Waals surface area contributed by atoms with Gasteiger partial charge < -0.3 is 9.84 Å². The molecule has 5 heteroatoms. The van der Waals surface area contributed by atoms with Crippen molar-refractivity contribution in [2.24, 2.45) is 0 Å². The summed E-state index contributed by atoms with van der Waals surface area (Å²) in [4.78, 5) is 13.0. The van der Waals surface area contributed by atoms with Gasteiger partial charge >= 0.3 is 5.97 Å². The number of likely N-dealkylation sites (tertiary alicyclic amines) is 1. The Kier molecular flexibility index (Phi) is 5.09. The quantitative estimate of drug-likeness (QED) is 0.901. The highest BCUT2D eigenvalue weighted by Gasteiger charge is 2.20.